The van der Waals surface area contributed by atoms with E-state index in [4.69, 9.17) is 4.74 Å². The molecule has 0 amide bonds. The molecule has 86 valence electrons. The van der Waals surface area contributed by atoms with Crippen molar-refractivity contribution in [3.05, 3.63) is 12.7 Å². The molecule has 2 heteroatoms. The van der Waals surface area contributed by atoms with E-state index in [0.29, 0.717) is 0 Å². The molecule has 2 aliphatic carbocycles. The Morgan fingerprint density at radius 2 is 2.20 bits per heavy atom. The second-order valence-electron chi connectivity index (χ2n) is 4.94. The van der Waals surface area contributed by atoms with E-state index in [-0.39, 0.29) is 5.60 Å². The third-order valence-corrected chi connectivity index (χ3v) is 3.59. The SMILES string of the molecule is C=CCCOC1(CCNC2CC2)CCC1. The zero-order valence-electron chi connectivity index (χ0n) is 9.63. The first-order valence-electron chi connectivity index (χ1n) is 6.33. The smallest absolute Gasteiger partial charge is 0.0694 e. The molecule has 2 saturated carbocycles. The normalized spacial score (nSPS) is 23.5. The topological polar surface area (TPSA) is 21.3 Å². The molecule has 0 aliphatic heterocycles. The quantitative estimate of drug-likeness (QED) is 0.490. The third kappa shape index (κ3) is 3.32. The van der Waals surface area contributed by atoms with E-state index in [0.717, 1.165) is 25.6 Å². The van der Waals surface area contributed by atoms with Gasteiger partial charge in [0.25, 0.3) is 0 Å². The highest BCUT2D eigenvalue weighted by molar-refractivity contribution is 4.91. The lowest BCUT2D eigenvalue weighted by atomic mass is 9.77. The van der Waals surface area contributed by atoms with Gasteiger partial charge in [0.1, 0.15) is 0 Å². The second kappa shape index (κ2) is 5.13. The van der Waals surface area contributed by atoms with Crippen molar-refractivity contribution in [1.82, 2.24) is 5.32 Å². The van der Waals surface area contributed by atoms with Crippen molar-refractivity contribution in [3.8, 4) is 0 Å². The Hall–Kier alpha value is -0.340. The molecule has 2 fully saturated rings. The van der Waals surface area contributed by atoms with Crippen molar-refractivity contribution in [2.75, 3.05) is 13.2 Å². The summed E-state index contributed by atoms with van der Waals surface area (Å²) in [7, 11) is 0. The molecular weight excluding hydrogens is 186 g/mol. The van der Waals surface area contributed by atoms with Gasteiger partial charge >= 0.3 is 0 Å². The average Bonchev–Trinajstić information content (AvgIpc) is 2.97. The van der Waals surface area contributed by atoms with Gasteiger partial charge in [-0.1, -0.05) is 6.08 Å². The van der Waals surface area contributed by atoms with Crippen molar-refractivity contribution >= 4 is 0 Å². The monoisotopic (exact) mass is 209 g/mol. The lowest BCUT2D eigenvalue weighted by Crippen LogP contribution is -2.43. The van der Waals surface area contributed by atoms with Gasteiger partial charge in [-0.05, 0) is 51.5 Å². The number of nitrogens with one attached hydrogen (secondary N) is 1. The van der Waals surface area contributed by atoms with Gasteiger partial charge < -0.3 is 10.1 Å². The fourth-order valence-corrected chi connectivity index (χ4v) is 2.19. The van der Waals surface area contributed by atoms with Gasteiger partial charge in [-0.25, -0.2) is 0 Å². The van der Waals surface area contributed by atoms with Crippen LogP contribution >= 0.6 is 0 Å². The van der Waals surface area contributed by atoms with Crippen LogP contribution in [0.4, 0.5) is 0 Å². The molecule has 15 heavy (non-hydrogen) atoms. The number of rotatable bonds is 8. The van der Waals surface area contributed by atoms with Gasteiger partial charge in [0.15, 0.2) is 0 Å². The van der Waals surface area contributed by atoms with Crippen LogP contribution in [0.1, 0.15) is 44.9 Å². The Labute approximate surface area is 93.1 Å². The van der Waals surface area contributed by atoms with Crippen molar-refractivity contribution in [2.45, 2.75) is 56.6 Å². The van der Waals surface area contributed by atoms with Gasteiger partial charge in [0, 0.05) is 6.04 Å². The van der Waals surface area contributed by atoms with Gasteiger partial charge in [0.2, 0.25) is 0 Å². The maximum absolute atomic E-state index is 6.00. The van der Waals surface area contributed by atoms with Crippen LogP contribution in [0.3, 0.4) is 0 Å². The van der Waals surface area contributed by atoms with Crippen molar-refractivity contribution < 1.29 is 4.74 Å². The predicted octanol–water partition coefficient (Wildman–Crippen LogP) is 2.64. The molecule has 1 N–H and O–H groups in total. The predicted molar refractivity (Wildman–Crippen MR) is 63.0 cm³/mol. The summed E-state index contributed by atoms with van der Waals surface area (Å²) in [6.45, 7) is 5.72. The van der Waals surface area contributed by atoms with Crippen molar-refractivity contribution in [3.63, 3.8) is 0 Å². The summed E-state index contributed by atoms with van der Waals surface area (Å²) in [5.74, 6) is 0. The van der Waals surface area contributed by atoms with E-state index in [2.05, 4.69) is 11.9 Å². The highest BCUT2D eigenvalue weighted by Crippen LogP contribution is 2.38. The summed E-state index contributed by atoms with van der Waals surface area (Å²) in [4.78, 5) is 0. The van der Waals surface area contributed by atoms with E-state index in [1.54, 1.807) is 0 Å². The van der Waals surface area contributed by atoms with Crippen molar-refractivity contribution in [1.29, 1.82) is 0 Å². The molecule has 2 nitrogen and oxygen atoms in total. The van der Waals surface area contributed by atoms with E-state index in [1.807, 2.05) is 6.08 Å². The Bertz CT molecular complexity index is 207. The lowest BCUT2D eigenvalue weighted by Gasteiger charge is -2.42. The molecule has 0 saturated heterocycles. The first kappa shape index (κ1) is 11.2. The van der Waals surface area contributed by atoms with Crippen LogP contribution in [0.25, 0.3) is 0 Å². The average molecular weight is 209 g/mol. The first-order valence-corrected chi connectivity index (χ1v) is 6.33. The summed E-state index contributed by atoms with van der Waals surface area (Å²) in [5.41, 5.74) is 0.227. The molecule has 0 aromatic rings. The standard InChI is InChI=1S/C13H23NO/c1-2-3-11-15-13(7-4-8-13)9-10-14-12-5-6-12/h2,12,14H,1,3-11H2. The molecule has 0 atom stereocenters. The van der Waals surface area contributed by atoms with Crippen LogP contribution in [0.5, 0.6) is 0 Å². The molecule has 0 bridgehead atoms. The van der Waals surface area contributed by atoms with E-state index >= 15 is 0 Å². The molecule has 0 radical (unpaired) electrons. The highest BCUT2D eigenvalue weighted by Gasteiger charge is 2.37. The largest absolute Gasteiger partial charge is 0.375 e. The Kier molecular flexibility index (Phi) is 3.81. The van der Waals surface area contributed by atoms with Gasteiger partial charge in [-0.3, -0.25) is 0 Å². The zero-order valence-corrected chi connectivity index (χ0v) is 9.63. The zero-order chi connectivity index (χ0) is 10.6. The molecular formula is C13H23NO. The van der Waals surface area contributed by atoms with E-state index in [1.165, 1.54) is 38.5 Å². The summed E-state index contributed by atoms with van der Waals surface area (Å²) in [6, 6.07) is 0.829. The van der Waals surface area contributed by atoms with Crippen molar-refractivity contribution in [2.24, 2.45) is 0 Å². The minimum absolute atomic E-state index is 0.227. The molecule has 2 aliphatic rings. The van der Waals surface area contributed by atoms with Crippen LogP contribution < -0.4 is 5.32 Å². The molecule has 0 spiro atoms. The number of ether oxygens (including phenoxy) is 1. The minimum atomic E-state index is 0.227. The second-order valence-corrected chi connectivity index (χ2v) is 4.94. The molecule has 0 unspecified atom stereocenters. The fraction of sp³-hybridized carbons (Fsp3) is 0.846. The third-order valence-electron chi connectivity index (χ3n) is 3.59. The number of hydrogen-bond acceptors (Lipinski definition) is 2. The summed E-state index contributed by atoms with van der Waals surface area (Å²) >= 11 is 0. The maximum Gasteiger partial charge on any atom is 0.0694 e. The molecule has 0 heterocycles. The van der Waals surface area contributed by atoms with Crippen LogP contribution in [0, 0.1) is 0 Å². The maximum atomic E-state index is 6.00. The van der Waals surface area contributed by atoms with Gasteiger partial charge in [-0.2, -0.15) is 0 Å². The van der Waals surface area contributed by atoms with Crippen LogP contribution in [-0.2, 0) is 4.74 Å². The first-order chi connectivity index (χ1) is 7.35. The van der Waals surface area contributed by atoms with E-state index < -0.39 is 0 Å². The van der Waals surface area contributed by atoms with Crippen LogP contribution in [0.15, 0.2) is 12.7 Å². The Morgan fingerprint density at radius 1 is 1.40 bits per heavy atom. The fourth-order valence-electron chi connectivity index (χ4n) is 2.19. The Morgan fingerprint density at radius 3 is 2.73 bits per heavy atom. The summed E-state index contributed by atoms with van der Waals surface area (Å²) in [5, 5.41) is 3.57. The summed E-state index contributed by atoms with van der Waals surface area (Å²) < 4.78 is 6.00. The highest BCUT2D eigenvalue weighted by atomic mass is 16.5. The number of hydrogen-bond donors (Lipinski definition) is 1. The Balaban J connectivity index is 1.62. The molecule has 0 aromatic heterocycles. The molecule has 2 rings (SSSR count). The summed E-state index contributed by atoms with van der Waals surface area (Å²) in [6.07, 6.45) is 10.7. The van der Waals surface area contributed by atoms with Crippen LogP contribution in [-0.4, -0.2) is 24.8 Å². The van der Waals surface area contributed by atoms with Gasteiger partial charge in [-0.15, -0.1) is 6.58 Å². The molecule has 0 aromatic carbocycles. The lowest BCUT2D eigenvalue weighted by molar-refractivity contribution is -0.102. The van der Waals surface area contributed by atoms with E-state index in [9.17, 15) is 0 Å². The van der Waals surface area contributed by atoms with Crippen LogP contribution in [0.2, 0.25) is 0 Å². The van der Waals surface area contributed by atoms with Gasteiger partial charge in [0.05, 0.1) is 12.2 Å². The minimum Gasteiger partial charge on any atom is -0.375 e.